The van der Waals surface area contributed by atoms with Crippen molar-refractivity contribution >= 4 is 28.9 Å². The maximum atomic E-state index is 11.9. The summed E-state index contributed by atoms with van der Waals surface area (Å²) in [6, 6.07) is 8.42. The van der Waals surface area contributed by atoms with Gasteiger partial charge in [0.2, 0.25) is 5.91 Å². The molecular weight excluding hydrogens is 284 g/mol. The molecule has 0 spiro atoms. The first-order chi connectivity index (χ1) is 10.6. The molecule has 112 valence electrons. The normalized spacial score (nSPS) is 14.2. The van der Waals surface area contributed by atoms with Crippen LogP contribution >= 0.6 is 0 Å². The van der Waals surface area contributed by atoms with Crippen molar-refractivity contribution < 1.29 is 14.0 Å². The topological polar surface area (TPSA) is 110 Å². The Morgan fingerprint density at radius 2 is 2.18 bits per heavy atom. The van der Waals surface area contributed by atoms with Gasteiger partial charge in [-0.05, 0) is 29.8 Å². The van der Waals surface area contributed by atoms with E-state index in [1.54, 1.807) is 30.3 Å². The number of rotatable bonds is 3. The quantitative estimate of drug-likeness (QED) is 0.749. The van der Waals surface area contributed by atoms with Crippen molar-refractivity contribution in [1.82, 2.24) is 5.43 Å². The molecule has 7 heteroatoms. The summed E-state index contributed by atoms with van der Waals surface area (Å²) in [6.07, 6.45) is 2.38. The number of furan rings is 1. The van der Waals surface area contributed by atoms with Crippen LogP contribution in [0.2, 0.25) is 0 Å². The van der Waals surface area contributed by atoms with E-state index in [0.29, 0.717) is 24.2 Å². The first-order valence-electron chi connectivity index (χ1n) is 6.73. The van der Waals surface area contributed by atoms with Crippen molar-refractivity contribution in [3.05, 3.63) is 47.9 Å². The molecule has 0 atom stereocenters. The summed E-state index contributed by atoms with van der Waals surface area (Å²) in [4.78, 5) is 23.0. The van der Waals surface area contributed by atoms with Crippen molar-refractivity contribution in [1.29, 1.82) is 0 Å². The van der Waals surface area contributed by atoms with E-state index in [0.717, 1.165) is 11.3 Å². The minimum atomic E-state index is -0.369. The van der Waals surface area contributed by atoms with Crippen molar-refractivity contribution in [2.24, 2.45) is 5.10 Å². The van der Waals surface area contributed by atoms with Gasteiger partial charge in [-0.25, -0.2) is 5.43 Å². The molecule has 2 heterocycles. The second-order valence-corrected chi connectivity index (χ2v) is 4.83. The molecule has 0 unspecified atom stereocenters. The highest BCUT2D eigenvalue weighted by Gasteiger charge is 2.15. The molecule has 0 fully saturated rings. The summed E-state index contributed by atoms with van der Waals surface area (Å²) in [5.41, 5.74) is 10.9. The molecule has 0 saturated heterocycles. The summed E-state index contributed by atoms with van der Waals surface area (Å²) < 4.78 is 5.02. The van der Waals surface area contributed by atoms with Crippen LogP contribution in [0, 0.1) is 0 Å². The molecule has 2 amide bonds. The first kappa shape index (κ1) is 13.9. The standard InChI is InChI=1S/C15H14N4O3/c16-10-8-9(11-5-6-14(20)19-18-11)3-4-12(10)17-15(21)13-2-1-7-22-13/h1-4,7-8H,5-6,16H2,(H,17,21)(H,19,20). The van der Waals surface area contributed by atoms with Gasteiger partial charge < -0.3 is 15.5 Å². The monoisotopic (exact) mass is 298 g/mol. The number of benzene rings is 1. The van der Waals surface area contributed by atoms with Crippen LogP contribution in [-0.4, -0.2) is 17.5 Å². The van der Waals surface area contributed by atoms with Crippen LogP contribution in [0.5, 0.6) is 0 Å². The number of nitrogens with zero attached hydrogens (tertiary/aromatic N) is 1. The van der Waals surface area contributed by atoms with Gasteiger partial charge >= 0.3 is 0 Å². The average Bonchev–Trinajstić information content (AvgIpc) is 3.04. The van der Waals surface area contributed by atoms with E-state index in [1.165, 1.54) is 6.26 Å². The average molecular weight is 298 g/mol. The smallest absolute Gasteiger partial charge is 0.291 e. The number of amides is 2. The Kier molecular flexibility index (Phi) is 3.61. The third kappa shape index (κ3) is 2.83. The fraction of sp³-hybridized carbons (Fsp3) is 0.133. The zero-order valence-electron chi connectivity index (χ0n) is 11.6. The highest BCUT2D eigenvalue weighted by atomic mass is 16.3. The van der Waals surface area contributed by atoms with Crippen molar-refractivity contribution in [3.8, 4) is 0 Å². The predicted octanol–water partition coefficient (Wildman–Crippen LogP) is 1.73. The first-order valence-corrected chi connectivity index (χ1v) is 6.73. The molecule has 0 radical (unpaired) electrons. The van der Waals surface area contributed by atoms with Crippen LogP contribution in [0.3, 0.4) is 0 Å². The maximum absolute atomic E-state index is 11.9. The van der Waals surface area contributed by atoms with Crippen molar-refractivity contribution in [3.63, 3.8) is 0 Å². The second-order valence-electron chi connectivity index (χ2n) is 4.83. The summed E-state index contributed by atoms with van der Waals surface area (Å²) in [5.74, 6) is -0.256. The lowest BCUT2D eigenvalue weighted by molar-refractivity contribution is -0.121. The van der Waals surface area contributed by atoms with E-state index < -0.39 is 0 Å². The molecule has 1 aromatic heterocycles. The van der Waals surface area contributed by atoms with Crippen molar-refractivity contribution in [2.45, 2.75) is 12.8 Å². The fourth-order valence-electron chi connectivity index (χ4n) is 2.13. The summed E-state index contributed by atoms with van der Waals surface area (Å²) in [6.45, 7) is 0. The highest BCUT2D eigenvalue weighted by Crippen LogP contribution is 2.22. The number of nitrogens with one attached hydrogen (secondary N) is 2. The zero-order chi connectivity index (χ0) is 15.5. The van der Waals surface area contributed by atoms with Crippen molar-refractivity contribution in [2.75, 3.05) is 11.1 Å². The summed E-state index contributed by atoms with van der Waals surface area (Å²) >= 11 is 0. The van der Waals surface area contributed by atoms with Gasteiger partial charge in [0.1, 0.15) is 0 Å². The maximum Gasteiger partial charge on any atom is 0.291 e. The Hall–Kier alpha value is -3.09. The largest absolute Gasteiger partial charge is 0.459 e. The lowest BCUT2D eigenvalue weighted by Gasteiger charge is -2.14. The number of hydrogen-bond donors (Lipinski definition) is 3. The van der Waals surface area contributed by atoms with Gasteiger partial charge in [0.25, 0.3) is 5.91 Å². The number of anilines is 2. The number of hydrogen-bond acceptors (Lipinski definition) is 5. The molecule has 0 bridgehead atoms. The van der Waals surface area contributed by atoms with E-state index in [9.17, 15) is 9.59 Å². The summed E-state index contributed by atoms with van der Waals surface area (Å²) in [7, 11) is 0. The van der Waals surface area contributed by atoms with Crippen LogP contribution in [-0.2, 0) is 4.79 Å². The van der Waals surface area contributed by atoms with Crippen LogP contribution in [0.25, 0.3) is 0 Å². The third-order valence-electron chi connectivity index (χ3n) is 3.28. The van der Waals surface area contributed by atoms with Crippen LogP contribution in [0.4, 0.5) is 11.4 Å². The minimum absolute atomic E-state index is 0.0981. The molecule has 22 heavy (non-hydrogen) atoms. The Morgan fingerprint density at radius 3 is 2.82 bits per heavy atom. The van der Waals surface area contributed by atoms with E-state index in [2.05, 4.69) is 15.8 Å². The van der Waals surface area contributed by atoms with E-state index in [1.807, 2.05) is 0 Å². The number of carbonyl (C=O) groups is 2. The molecule has 4 N–H and O–H groups in total. The third-order valence-corrected chi connectivity index (χ3v) is 3.28. The van der Waals surface area contributed by atoms with E-state index in [4.69, 9.17) is 10.2 Å². The number of carbonyl (C=O) groups excluding carboxylic acids is 2. The number of nitrogens with two attached hydrogens (primary N) is 1. The van der Waals surface area contributed by atoms with Gasteiger partial charge in [0, 0.05) is 12.8 Å². The molecule has 1 aliphatic heterocycles. The van der Waals surface area contributed by atoms with Crippen LogP contribution < -0.4 is 16.5 Å². The van der Waals surface area contributed by atoms with E-state index >= 15 is 0 Å². The van der Waals surface area contributed by atoms with Crippen LogP contribution in [0.15, 0.2) is 46.1 Å². The Bertz CT molecular complexity index is 750. The molecule has 0 aliphatic carbocycles. The molecule has 0 saturated carbocycles. The van der Waals surface area contributed by atoms with Gasteiger partial charge in [-0.3, -0.25) is 9.59 Å². The fourth-order valence-corrected chi connectivity index (χ4v) is 2.13. The molecular formula is C15H14N4O3. The Morgan fingerprint density at radius 1 is 1.32 bits per heavy atom. The predicted molar refractivity (Wildman–Crippen MR) is 81.4 cm³/mol. The molecule has 1 aliphatic rings. The van der Waals surface area contributed by atoms with E-state index in [-0.39, 0.29) is 17.6 Å². The number of hydrazone groups is 1. The van der Waals surface area contributed by atoms with Gasteiger partial charge in [0.05, 0.1) is 23.3 Å². The van der Waals surface area contributed by atoms with Crippen LogP contribution in [0.1, 0.15) is 29.0 Å². The highest BCUT2D eigenvalue weighted by molar-refractivity contribution is 6.07. The van der Waals surface area contributed by atoms with Gasteiger partial charge in [-0.2, -0.15) is 5.10 Å². The zero-order valence-corrected chi connectivity index (χ0v) is 11.6. The lowest BCUT2D eigenvalue weighted by Crippen LogP contribution is -2.26. The Balaban J connectivity index is 1.78. The molecule has 3 rings (SSSR count). The van der Waals surface area contributed by atoms with Gasteiger partial charge in [-0.1, -0.05) is 6.07 Å². The summed E-state index contributed by atoms with van der Waals surface area (Å²) in [5, 5.41) is 6.69. The molecule has 1 aromatic carbocycles. The van der Waals surface area contributed by atoms with Gasteiger partial charge in [0.15, 0.2) is 5.76 Å². The number of nitrogen functional groups attached to an aromatic ring is 1. The SMILES string of the molecule is Nc1cc(C2=NNC(=O)CC2)ccc1NC(=O)c1ccco1. The molecule has 7 nitrogen and oxygen atoms in total. The van der Waals surface area contributed by atoms with Gasteiger partial charge in [-0.15, -0.1) is 0 Å². The Labute approximate surface area is 126 Å². The lowest BCUT2D eigenvalue weighted by atomic mass is 10.0. The molecule has 2 aromatic rings. The minimum Gasteiger partial charge on any atom is -0.459 e. The second kappa shape index (κ2) is 5.72.